The largest absolute Gasteiger partial charge is 0.507 e. The maximum absolute atomic E-state index is 12.6. The number of ether oxygens (including phenoxy) is 1. The van der Waals surface area contributed by atoms with Crippen molar-refractivity contribution in [1.29, 1.82) is 0 Å². The van der Waals surface area contributed by atoms with Gasteiger partial charge in [-0.15, -0.1) is 0 Å². The molecule has 2 amide bonds. The molecule has 1 aromatic heterocycles. The summed E-state index contributed by atoms with van der Waals surface area (Å²) >= 11 is 3.15. The van der Waals surface area contributed by atoms with Crippen molar-refractivity contribution in [1.82, 2.24) is 10.6 Å². The van der Waals surface area contributed by atoms with Gasteiger partial charge >= 0.3 is 11.6 Å². The van der Waals surface area contributed by atoms with Gasteiger partial charge in [-0.1, -0.05) is 0 Å². The van der Waals surface area contributed by atoms with Gasteiger partial charge in [0.05, 0.1) is 11.1 Å². The van der Waals surface area contributed by atoms with Crippen LogP contribution < -0.4 is 16.3 Å². The number of halogens is 1. The van der Waals surface area contributed by atoms with E-state index in [9.17, 15) is 24.3 Å². The summed E-state index contributed by atoms with van der Waals surface area (Å²) in [6, 6.07) is 2.93. The molecule has 29 heavy (non-hydrogen) atoms. The highest BCUT2D eigenvalue weighted by Gasteiger charge is 2.25. The van der Waals surface area contributed by atoms with Crippen LogP contribution in [0.3, 0.4) is 0 Å². The average Bonchev–Trinajstić information content (AvgIpc) is 2.66. The molecule has 0 spiro atoms. The fourth-order valence-electron chi connectivity index (χ4n) is 2.58. The van der Waals surface area contributed by atoms with Crippen LogP contribution in [0.1, 0.15) is 37.0 Å². The Morgan fingerprint density at radius 1 is 1.24 bits per heavy atom. The Morgan fingerprint density at radius 3 is 2.62 bits per heavy atom. The fraction of sp³-hybridized carbons (Fsp3) is 0.368. The molecule has 2 aromatic rings. The number of aromatic hydroxyl groups is 1. The molecule has 0 aliphatic heterocycles. The van der Waals surface area contributed by atoms with Gasteiger partial charge in [0.15, 0.2) is 0 Å². The van der Waals surface area contributed by atoms with Gasteiger partial charge in [-0.25, -0.2) is 9.59 Å². The van der Waals surface area contributed by atoms with E-state index in [1.54, 1.807) is 13.8 Å². The second-order valence-electron chi connectivity index (χ2n) is 6.06. The minimum atomic E-state index is -1.10. The fourth-order valence-corrected chi connectivity index (χ4v) is 2.94. The standard InChI is InChI=1S/C19H21BrN2O7/c1-3-21-16(24)6-5-13(19(27)28-4-2)22-17(25)11-7-10-8-12(20)14(23)9-15(10)29-18(11)26/h7-9,13,23H,3-6H2,1-2H3,(H,21,24)(H,22,25). The smallest absolute Gasteiger partial charge is 0.349 e. The first-order valence-corrected chi connectivity index (χ1v) is 9.76. The van der Waals surface area contributed by atoms with E-state index in [0.717, 1.165) is 0 Å². The minimum absolute atomic E-state index is 0.00382. The normalized spacial score (nSPS) is 11.7. The van der Waals surface area contributed by atoms with E-state index >= 15 is 0 Å². The highest BCUT2D eigenvalue weighted by molar-refractivity contribution is 9.10. The van der Waals surface area contributed by atoms with Crippen LogP contribution in [-0.4, -0.2) is 42.1 Å². The van der Waals surface area contributed by atoms with Crippen LogP contribution >= 0.6 is 15.9 Å². The Labute approximate surface area is 174 Å². The third kappa shape index (κ3) is 5.80. The molecule has 0 aliphatic carbocycles. The summed E-state index contributed by atoms with van der Waals surface area (Å²) in [6.07, 6.45) is 0.00486. The molecule has 1 aromatic carbocycles. The zero-order chi connectivity index (χ0) is 21.6. The lowest BCUT2D eigenvalue weighted by Crippen LogP contribution is -2.43. The maximum Gasteiger partial charge on any atom is 0.349 e. The first-order chi connectivity index (χ1) is 13.8. The Bertz CT molecular complexity index is 986. The molecule has 0 bridgehead atoms. The van der Waals surface area contributed by atoms with Gasteiger partial charge in [0.2, 0.25) is 5.91 Å². The molecule has 156 valence electrons. The van der Waals surface area contributed by atoms with Crippen LogP contribution in [0, 0.1) is 0 Å². The Morgan fingerprint density at radius 2 is 1.97 bits per heavy atom. The molecule has 1 unspecified atom stereocenters. The molecule has 3 N–H and O–H groups in total. The molecular formula is C19H21BrN2O7. The molecule has 2 rings (SSSR count). The summed E-state index contributed by atoms with van der Waals surface area (Å²) in [5.41, 5.74) is -1.14. The lowest BCUT2D eigenvalue weighted by Gasteiger charge is -2.17. The Kier molecular flexibility index (Phi) is 7.77. The number of esters is 1. The van der Waals surface area contributed by atoms with E-state index in [0.29, 0.717) is 16.4 Å². The van der Waals surface area contributed by atoms with Crippen molar-refractivity contribution in [2.75, 3.05) is 13.2 Å². The SMILES string of the molecule is CCNC(=O)CCC(NC(=O)c1cc2cc(Br)c(O)cc2oc1=O)C(=O)OCC. The van der Waals surface area contributed by atoms with E-state index in [1.165, 1.54) is 18.2 Å². The number of carbonyl (C=O) groups is 3. The number of carbonyl (C=O) groups excluding carboxylic acids is 3. The number of phenols is 1. The summed E-state index contributed by atoms with van der Waals surface area (Å²) in [7, 11) is 0. The first-order valence-electron chi connectivity index (χ1n) is 8.97. The minimum Gasteiger partial charge on any atom is -0.507 e. The van der Waals surface area contributed by atoms with Crippen LogP contribution in [0.2, 0.25) is 0 Å². The Balaban J connectivity index is 2.26. The molecule has 1 atom stereocenters. The van der Waals surface area contributed by atoms with Crippen LogP contribution in [-0.2, 0) is 14.3 Å². The van der Waals surface area contributed by atoms with Crippen LogP contribution in [0.25, 0.3) is 11.0 Å². The number of rotatable bonds is 8. The Hall–Kier alpha value is -2.88. The molecule has 0 saturated heterocycles. The van der Waals surface area contributed by atoms with Gasteiger partial charge < -0.3 is 24.9 Å². The maximum atomic E-state index is 12.6. The van der Waals surface area contributed by atoms with Gasteiger partial charge in [0.25, 0.3) is 5.91 Å². The molecule has 0 radical (unpaired) electrons. The number of hydrogen-bond acceptors (Lipinski definition) is 7. The van der Waals surface area contributed by atoms with Crippen molar-refractivity contribution in [3.8, 4) is 5.75 Å². The predicted molar refractivity (Wildman–Crippen MR) is 108 cm³/mol. The van der Waals surface area contributed by atoms with E-state index in [-0.39, 0.29) is 42.3 Å². The number of amides is 2. The number of fused-ring (bicyclic) bond motifs is 1. The zero-order valence-corrected chi connectivity index (χ0v) is 17.5. The van der Waals surface area contributed by atoms with Gasteiger partial charge in [-0.3, -0.25) is 9.59 Å². The third-order valence-electron chi connectivity index (χ3n) is 3.96. The zero-order valence-electron chi connectivity index (χ0n) is 15.9. The van der Waals surface area contributed by atoms with Gasteiger partial charge in [-0.05, 0) is 48.3 Å². The molecule has 0 aliphatic rings. The monoisotopic (exact) mass is 468 g/mol. The highest BCUT2D eigenvalue weighted by Crippen LogP contribution is 2.29. The summed E-state index contributed by atoms with van der Waals surface area (Å²) in [5.74, 6) is -1.93. The van der Waals surface area contributed by atoms with Crippen LogP contribution in [0.5, 0.6) is 5.75 Å². The number of phenolic OH excluding ortho intramolecular Hbond substituents is 1. The van der Waals surface area contributed by atoms with Crippen molar-refractivity contribution in [3.63, 3.8) is 0 Å². The van der Waals surface area contributed by atoms with Gasteiger partial charge in [-0.2, -0.15) is 0 Å². The lowest BCUT2D eigenvalue weighted by molar-refractivity contribution is -0.145. The highest BCUT2D eigenvalue weighted by atomic mass is 79.9. The summed E-state index contributed by atoms with van der Waals surface area (Å²) in [5, 5.41) is 15.1. The topological polar surface area (TPSA) is 135 Å². The summed E-state index contributed by atoms with van der Waals surface area (Å²) in [6.45, 7) is 3.92. The summed E-state index contributed by atoms with van der Waals surface area (Å²) < 4.78 is 10.4. The van der Waals surface area contributed by atoms with E-state index in [1.807, 2.05) is 0 Å². The number of nitrogens with one attached hydrogen (secondary N) is 2. The van der Waals surface area contributed by atoms with Gasteiger partial charge in [0.1, 0.15) is 22.9 Å². The van der Waals surface area contributed by atoms with Crippen molar-refractivity contribution in [2.45, 2.75) is 32.7 Å². The molecule has 10 heteroatoms. The molecule has 0 saturated carbocycles. The molecule has 1 heterocycles. The van der Waals surface area contributed by atoms with E-state index in [4.69, 9.17) is 9.15 Å². The van der Waals surface area contributed by atoms with Crippen molar-refractivity contribution in [3.05, 3.63) is 38.7 Å². The number of hydrogen-bond donors (Lipinski definition) is 3. The van der Waals surface area contributed by atoms with Crippen molar-refractivity contribution >= 4 is 44.7 Å². The van der Waals surface area contributed by atoms with Crippen LogP contribution in [0.15, 0.2) is 31.9 Å². The molecule has 0 fully saturated rings. The second kappa shape index (κ2) is 10.1. The number of benzene rings is 1. The first kappa shape index (κ1) is 22.4. The van der Waals surface area contributed by atoms with E-state index < -0.39 is 23.5 Å². The molecular weight excluding hydrogens is 448 g/mol. The predicted octanol–water partition coefficient (Wildman–Crippen LogP) is 1.84. The van der Waals surface area contributed by atoms with Gasteiger partial charge in [0, 0.05) is 24.4 Å². The van der Waals surface area contributed by atoms with E-state index in [2.05, 4.69) is 26.6 Å². The molecule has 9 nitrogen and oxygen atoms in total. The van der Waals surface area contributed by atoms with Crippen LogP contribution in [0.4, 0.5) is 0 Å². The second-order valence-corrected chi connectivity index (χ2v) is 6.91. The van der Waals surface area contributed by atoms with Crippen molar-refractivity contribution in [2.24, 2.45) is 0 Å². The quantitative estimate of drug-likeness (QED) is 0.397. The average molecular weight is 469 g/mol. The van der Waals surface area contributed by atoms with Crippen molar-refractivity contribution < 1.29 is 28.6 Å². The summed E-state index contributed by atoms with van der Waals surface area (Å²) in [4.78, 5) is 48.6. The third-order valence-corrected chi connectivity index (χ3v) is 4.59. The lowest BCUT2D eigenvalue weighted by atomic mass is 10.1.